The SMILES string of the molecule is COc1cccc(CCc2ccc3cc2-3)c1.O=CO. The molecular formula is C16H16O3. The first-order chi connectivity index (χ1) is 9.28. The molecule has 3 heteroatoms. The fraction of sp³-hybridized carbons (Fsp3) is 0.188. The highest BCUT2D eigenvalue weighted by molar-refractivity contribution is 5.84. The van der Waals surface area contributed by atoms with E-state index in [0.717, 1.165) is 18.6 Å². The van der Waals surface area contributed by atoms with Crippen molar-refractivity contribution in [1.29, 1.82) is 0 Å². The molecule has 0 heterocycles. The highest BCUT2D eigenvalue weighted by Gasteiger charge is 2.16. The lowest BCUT2D eigenvalue weighted by Gasteiger charge is -2.03. The van der Waals surface area contributed by atoms with E-state index in [4.69, 9.17) is 14.6 Å². The number of benzene rings is 2. The van der Waals surface area contributed by atoms with Crippen molar-refractivity contribution >= 4 is 6.47 Å². The summed E-state index contributed by atoms with van der Waals surface area (Å²) in [6.07, 6.45) is 2.21. The first-order valence-electron chi connectivity index (χ1n) is 6.12. The second-order valence-electron chi connectivity index (χ2n) is 4.33. The van der Waals surface area contributed by atoms with Gasteiger partial charge < -0.3 is 9.84 Å². The average Bonchev–Trinajstić information content (AvgIpc) is 3.11. The van der Waals surface area contributed by atoms with Crippen molar-refractivity contribution in [3.63, 3.8) is 0 Å². The van der Waals surface area contributed by atoms with E-state index in [9.17, 15) is 0 Å². The normalized spacial score (nSPS) is 10.2. The Labute approximate surface area is 112 Å². The number of fused-ring (bicyclic) bond motifs is 1. The van der Waals surface area contributed by atoms with E-state index in [1.165, 1.54) is 22.3 Å². The Kier molecular flexibility index (Phi) is 4.18. The van der Waals surface area contributed by atoms with Crippen LogP contribution in [0.1, 0.15) is 11.1 Å². The number of methoxy groups -OCH3 is 1. The van der Waals surface area contributed by atoms with Gasteiger partial charge in [-0.25, -0.2) is 0 Å². The summed E-state index contributed by atoms with van der Waals surface area (Å²) in [5.74, 6) is 0.947. The topological polar surface area (TPSA) is 46.5 Å². The third-order valence-electron chi connectivity index (χ3n) is 3.15. The zero-order valence-electron chi connectivity index (χ0n) is 10.8. The predicted molar refractivity (Wildman–Crippen MR) is 74.5 cm³/mol. The fourth-order valence-electron chi connectivity index (χ4n) is 2.14. The smallest absolute Gasteiger partial charge is 0.290 e. The van der Waals surface area contributed by atoms with Gasteiger partial charge in [0.05, 0.1) is 7.11 Å². The van der Waals surface area contributed by atoms with Gasteiger partial charge in [0.25, 0.3) is 6.47 Å². The van der Waals surface area contributed by atoms with E-state index in [2.05, 4.69) is 36.4 Å². The van der Waals surface area contributed by atoms with E-state index < -0.39 is 0 Å². The van der Waals surface area contributed by atoms with Crippen LogP contribution in [0.3, 0.4) is 0 Å². The molecule has 0 amide bonds. The second-order valence-corrected chi connectivity index (χ2v) is 4.33. The molecule has 1 aromatic rings. The van der Waals surface area contributed by atoms with Crippen LogP contribution in [-0.2, 0) is 17.6 Å². The molecular weight excluding hydrogens is 240 g/mol. The molecule has 0 aliphatic heterocycles. The summed E-state index contributed by atoms with van der Waals surface area (Å²) in [6, 6.07) is 15.0. The molecule has 2 aliphatic carbocycles. The van der Waals surface area contributed by atoms with Crippen LogP contribution < -0.4 is 4.74 Å². The summed E-state index contributed by atoms with van der Waals surface area (Å²) in [5, 5.41) is 6.89. The first-order valence-corrected chi connectivity index (χ1v) is 6.12. The number of carboxylic acid groups (broad SMARTS) is 1. The molecule has 3 nitrogen and oxygen atoms in total. The Morgan fingerprint density at radius 1 is 1.16 bits per heavy atom. The summed E-state index contributed by atoms with van der Waals surface area (Å²) < 4.78 is 5.22. The Morgan fingerprint density at radius 3 is 2.53 bits per heavy atom. The van der Waals surface area contributed by atoms with Gasteiger partial charge in [-0.2, -0.15) is 0 Å². The molecule has 0 saturated heterocycles. The van der Waals surface area contributed by atoms with Crippen molar-refractivity contribution in [3.8, 4) is 16.9 Å². The van der Waals surface area contributed by atoms with Crippen LogP contribution in [0.4, 0.5) is 0 Å². The maximum Gasteiger partial charge on any atom is 0.290 e. The lowest BCUT2D eigenvalue weighted by atomic mass is 10.1. The first kappa shape index (κ1) is 13.1. The van der Waals surface area contributed by atoms with Crippen molar-refractivity contribution < 1.29 is 14.6 Å². The van der Waals surface area contributed by atoms with Crippen LogP contribution in [-0.4, -0.2) is 18.7 Å². The molecule has 19 heavy (non-hydrogen) atoms. The lowest BCUT2D eigenvalue weighted by molar-refractivity contribution is -0.122. The van der Waals surface area contributed by atoms with Gasteiger partial charge in [-0.1, -0.05) is 24.3 Å². The van der Waals surface area contributed by atoms with E-state index >= 15 is 0 Å². The number of rotatable bonds is 4. The van der Waals surface area contributed by atoms with Gasteiger partial charge in [-0.15, -0.1) is 0 Å². The predicted octanol–water partition coefficient (Wildman–Crippen LogP) is 3.16. The van der Waals surface area contributed by atoms with E-state index in [0.29, 0.717) is 0 Å². The molecule has 0 aromatic heterocycles. The Balaban J connectivity index is 0.000000408. The average molecular weight is 256 g/mol. The van der Waals surface area contributed by atoms with Crippen LogP contribution >= 0.6 is 0 Å². The number of hydrogen-bond donors (Lipinski definition) is 1. The molecule has 0 spiro atoms. The molecule has 0 fully saturated rings. The summed E-state index contributed by atoms with van der Waals surface area (Å²) in [7, 11) is 1.71. The van der Waals surface area contributed by atoms with Crippen molar-refractivity contribution in [2.75, 3.05) is 7.11 Å². The summed E-state index contributed by atoms with van der Waals surface area (Å²) in [5.41, 5.74) is 5.73. The Morgan fingerprint density at radius 2 is 1.95 bits per heavy atom. The monoisotopic (exact) mass is 256 g/mol. The molecule has 0 saturated carbocycles. The molecule has 3 rings (SSSR count). The largest absolute Gasteiger partial charge is 0.497 e. The molecule has 0 radical (unpaired) electrons. The third-order valence-corrected chi connectivity index (χ3v) is 3.15. The van der Waals surface area contributed by atoms with E-state index in [-0.39, 0.29) is 6.47 Å². The van der Waals surface area contributed by atoms with Crippen molar-refractivity contribution in [2.24, 2.45) is 0 Å². The van der Waals surface area contributed by atoms with E-state index in [1.807, 2.05) is 6.07 Å². The van der Waals surface area contributed by atoms with Crippen LogP contribution in [0.25, 0.3) is 11.1 Å². The summed E-state index contributed by atoms with van der Waals surface area (Å²) in [4.78, 5) is 8.36. The summed E-state index contributed by atoms with van der Waals surface area (Å²) >= 11 is 0. The zero-order valence-corrected chi connectivity index (χ0v) is 10.8. The standard InChI is InChI=1S/C15H14O.CH2O2/c1-16-14-4-2-3-11(9-14)5-6-12-7-8-13-10-15(12)13;2-1-3/h2-4,7-10H,5-6H2,1H3;1H,(H,2,3). The van der Waals surface area contributed by atoms with Gasteiger partial charge in [0, 0.05) is 0 Å². The maximum absolute atomic E-state index is 8.36. The quantitative estimate of drug-likeness (QED) is 0.729. The molecule has 0 atom stereocenters. The minimum Gasteiger partial charge on any atom is -0.497 e. The van der Waals surface area contributed by atoms with Crippen molar-refractivity contribution in [3.05, 3.63) is 53.6 Å². The van der Waals surface area contributed by atoms with E-state index in [1.54, 1.807) is 7.11 Å². The van der Waals surface area contributed by atoms with Gasteiger partial charge >= 0.3 is 0 Å². The van der Waals surface area contributed by atoms with Gasteiger partial charge in [0.2, 0.25) is 0 Å². The van der Waals surface area contributed by atoms with Crippen molar-refractivity contribution in [1.82, 2.24) is 0 Å². The molecule has 98 valence electrons. The Bertz CT molecular complexity index is 576. The van der Waals surface area contributed by atoms with Crippen LogP contribution in [0.15, 0.2) is 42.5 Å². The Hall–Kier alpha value is -2.29. The fourth-order valence-corrected chi connectivity index (χ4v) is 2.14. The number of aryl methyl sites for hydroxylation is 2. The lowest BCUT2D eigenvalue weighted by Crippen LogP contribution is -1.91. The minimum atomic E-state index is -0.250. The molecule has 2 aliphatic rings. The van der Waals surface area contributed by atoms with Crippen LogP contribution in [0.2, 0.25) is 0 Å². The van der Waals surface area contributed by atoms with Crippen LogP contribution in [0.5, 0.6) is 5.75 Å². The van der Waals surface area contributed by atoms with Gasteiger partial charge in [-0.05, 0) is 53.3 Å². The molecule has 1 aromatic carbocycles. The minimum absolute atomic E-state index is 0.250. The number of ether oxygens (including phenoxy) is 1. The third kappa shape index (κ3) is 3.35. The van der Waals surface area contributed by atoms with Crippen LogP contribution in [0, 0.1) is 0 Å². The molecule has 1 N–H and O–H groups in total. The van der Waals surface area contributed by atoms with Gasteiger partial charge in [0.15, 0.2) is 0 Å². The van der Waals surface area contributed by atoms with Gasteiger partial charge in [-0.3, -0.25) is 4.79 Å². The maximum atomic E-state index is 8.36. The second kappa shape index (κ2) is 6.05. The van der Waals surface area contributed by atoms with Gasteiger partial charge in [0.1, 0.15) is 5.75 Å². The highest BCUT2D eigenvalue weighted by atomic mass is 16.5. The number of hydrogen-bond acceptors (Lipinski definition) is 2. The molecule has 0 unspecified atom stereocenters. The molecule has 0 bridgehead atoms. The summed E-state index contributed by atoms with van der Waals surface area (Å²) in [6.45, 7) is -0.250. The highest BCUT2D eigenvalue weighted by Crippen LogP contribution is 2.38. The zero-order chi connectivity index (χ0) is 13.7. The number of carbonyl (C=O) groups is 1. The van der Waals surface area contributed by atoms with Crippen molar-refractivity contribution in [2.45, 2.75) is 12.8 Å².